The van der Waals surface area contributed by atoms with Crippen molar-refractivity contribution in [3.63, 3.8) is 0 Å². The summed E-state index contributed by atoms with van der Waals surface area (Å²) in [6, 6.07) is -0.189. The van der Waals surface area contributed by atoms with Crippen LogP contribution in [0.3, 0.4) is 0 Å². The van der Waals surface area contributed by atoms with Crippen LogP contribution in [-0.4, -0.2) is 41.6 Å². The molecular weight excluding hydrogens is 254 g/mol. The molecule has 1 N–H and O–H groups in total. The van der Waals surface area contributed by atoms with Crippen molar-refractivity contribution in [3.8, 4) is 0 Å². The van der Waals surface area contributed by atoms with E-state index < -0.39 is 21.9 Å². The van der Waals surface area contributed by atoms with Crippen molar-refractivity contribution in [1.82, 2.24) is 4.31 Å². The lowest BCUT2D eigenvalue weighted by Crippen LogP contribution is -2.48. The Labute approximate surface area is 108 Å². The number of carbonyl (C=O) groups is 1. The molecule has 0 amide bonds. The van der Waals surface area contributed by atoms with E-state index in [0.29, 0.717) is 19.4 Å². The molecule has 0 aromatic heterocycles. The summed E-state index contributed by atoms with van der Waals surface area (Å²) >= 11 is 0. The molecule has 1 aliphatic carbocycles. The minimum atomic E-state index is -3.22. The zero-order valence-electron chi connectivity index (χ0n) is 10.7. The van der Waals surface area contributed by atoms with E-state index in [4.69, 9.17) is 5.11 Å². The fourth-order valence-corrected chi connectivity index (χ4v) is 5.39. The lowest BCUT2D eigenvalue weighted by Gasteiger charge is -2.36. The molecule has 0 spiro atoms. The second-order valence-electron chi connectivity index (χ2n) is 5.47. The number of sulfonamides is 1. The maximum Gasteiger partial charge on any atom is 0.306 e. The number of piperidine rings is 1. The highest BCUT2D eigenvalue weighted by atomic mass is 32.2. The highest BCUT2D eigenvalue weighted by Crippen LogP contribution is 2.32. The van der Waals surface area contributed by atoms with Gasteiger partial charge in [-0.1, -0.05) is 12.8 Å². The summed E-state index contributed by atoms with van der Waals surface area (Å²) in [5.41, 5.74) is 0. The number of rotatable bonds is 3. The average molecular weight is 275 g/mol. The minimum Gasteiger partial charge on any atom is -0.481 e. The maximum absolute atomic E-state index is 12.5. The van der Waals surface area contributed by atoms with Crippen molar-refractivity contribution in [2.45, 2.75) is 56.7 Å². The van der Waals surface area contributed by atoms with Crippen LogP contribution in [0.2, 0.25) is 0 Å². The molecule has 18 heavy (non-hydrogen) atoms. The summed E-state index contributed by atoms with van der Waals surface area (Å²) < 4.78 is 26.5. The van der Waals surface area contributed by atoms with E-state index in [1.165, 1.54) is 0 Å². The van der Waals surface area contributed by atoms with E-state index in [-0.39, 0.29) is 11.3 Å². The number of carboxylic acid groups (broad SMARTS) is 1. The van der Waals surface area contributed by atoms with Gasteiger partial charge >= 0.3 is 5.97 Å². The summed E-state index contributed by atoms with van der Waals surface area (Å²) in [7, 11) is -3.22. The van der Waals surface area contributed by atoms with Crippen LogP contribution in [0.15, 0.2) is 0 Å². The second kappa shape index (κ2) is 5.17. The molecule has 104 valence electrons. The van der Waals surface area contributed by atoms with Gasteiger partial charge in [0.2, 0.25) is 10.0 Å². The van der Waals surface area contributed by atoms with Gasteiger partial charge in [0, 0.05) is 12.6 Å². The Kier molecular flexibility index (Phi) is 3.96. The molecule has 2 rings (SSSR count). The summed E-state index contributed by atoms with van der Waals surface area (Å²) in [5.74, 6) is -1.20. The monoisotopic (exact) mass is 275 g/mol. The first-order valence-electron chi connectivity index (χ1n) is 6.66. The van der Waals surface area contributed by atoms with E-state index in [1.807, 2.05) is 6.92 Å². The predicted octanol–water partition coefficient (Wildman–Crippen LogP) is 1.44. The molecule has 2 atom stereocenters. The Balaban J connectivity index is 2.08. The normalized spacial score (nSPS) is 31.6. The van der Waals surface area contributed by atoms with E-state index in [9.17, 15) is 13.2 Å². The Hall–Kier alpha value is -0.620. The molecule has 6 heteroatoms. The quantitative estimate of drug-likeness (QED) is 0.845. The molecular formula is C12H21NO4S. The van der Waals surface area contributed by atoms with Gasteiger partial charge in [0.05, 0.1) is 11.2 Å². The van der Waals surface area contributed by atoms with E-state index in [1.54, 1.807) is 4.31 Å². The highest BCUT2D eigenvalue weighted by molar-refractivity contribution is 7.89. The van der Waals surface area contributed by atoms with Crippen LogP contribution in [0.1, 0.15) is 45.4 Å². The first-order valence-corrected chi connectivity index (χ1v) is 8.16. The zero-order valence-corrected chi connectivity index (χ0v) is 11.5. The molecule has 1 saturated heterocycles. The number of aliphatic carboxylic acids is 1. The SMILES string of the molecule is CC1CC(C(=O)O)CCN1S(=O)(=O)C1CCCC1. The van der Waals surface area contributed by atoms with Crippen molar-refractivity contribution in [2.75, 3.05) is 6.54 Å². The summed E-state index contributed by atoms with van der Waals surface area (Å²) in [6.45, 7) is 2.18. The average Bonchev–Trinajstić information content (AvgIpc) is 2.82. The topological polar surface area (TPSA) is 74.7 Å². The third-order valence-corrected chi connectivity index (χ3v) is 6.72. The Morgan fingerprint density at radius 3 is 2.33 bits per heavy atom. The van der Waals surface area contributed by atoms with E-state index in [0.717, 1.165) is 25.7 Å². The van der Waals surface area contributed by atoms with Crippen LogP contribution in [-0.2, 0) is 14.8 Å². The molecule has 1 saturated carbocycles. The molecule has 1 heterocycles. The third-order valence-electron chi connectivity index (χ3n) is 4.21. The first-order chi connectivity index (χ1) is 8.43. The second-order valence-corrected chi connectivity index (χ2v) is 7.64. The van der Waals surface area contributed by atoms with Gasteiger partial charge in [0.15, 0.2) is 0 Å². The molecule has 5 nitrogen and oxygen atoms in total. The Bertz CT molecular complexity index is 414. The van der Waals surface area contributed by atoms with Crippen molar-refractivity contribution in [3.05, 3.63) is 0 Å². The molecule has 2 unspecified atom stereocenters. The summed E-state index contributed by atoms with van der Waals surface area (Å²) in [5, 5.41) is 8.75. The molecule has 1 aliphatic heterocycles. The maximum atomic E-state index is 12.5. The third kappa shape index (κ3) is 2.54. The standard InChI is InChI=1S/C12H21NO4S/c1-9-8-10(12(14)15)6-7-13(9)18(16,17)11-4-2-3-5-11/h9-11H,2-8H2,1H3,(H,14,15). The fraction of sp³-hybridized carbons (Fsp3) is 0.917. The van der Waals surface area contributed by atoms with Crippen LogP contribution in [0.25, 0.3) is 0 Å². The Morgan fingerprint density at radius 1 is 1.22 bits per heavy atom. The van der Waals surface area contributed by atoms with Crippen LogP contribution in [0, 0.1) is 5.92 Å². The van der Waals surface area contributed by atoms with Gasteiger partial charge in [-0.05, 0) is 32.6 Å². The van der Waals surface area contributed by atoms with Gasteiger partial charge in [-0.25, -0.2) is 8.42 Å². The summed E-state index contributed by atoms with van der Waals surface area (Å²) in [4.78, 5) is 10.9. The van der Waals surface area contributed by atoms with Crippen LogP contribution in [0.4, 0.5) is 0 Å². The van der Waals surface area contributed by atoms with Crippen molar-refractivity contribution < 1.29 is 18.3 Å². The molecule has 0 aromatic carbocycles. The van der Waals surface area contributed by atoms with Crippen molar-refractivity contribution >= 4 is 16.0 Å². The summed E-state index contributed by atoms with van der Waals surface area (Å²) in [6.07, 6.45) is 4.36. The largest absolute Gasteiger partial charge is 0.481 e. The van der Waals surface area contributed by atoms with Crippen LogP contribution in [0.5, 0.6) is 0 Å². The molecule has 0 radical (unpaired) electrons. The number of hydrogen-bond acceptors (Lipinski definition) is 3. The van der Waals surface area contributed by atoms with Gasteiger partial charge in [-0.3, -0.25) is 4.79 Å². The van der Waals surface area contributed by atoms with Crippen molar-refractivity contribution in [1.29, 1.82) is 0 Å². The molecule has 0 aromatic rings. The van der Waals surface area contributed by atoms with Gasteiger partial charge in [0.25, 0.3) is 0 Å². The van der Waals surface area contributed by atoms with Gasteiger partial charge < -0.3 is 5.11 Å². The van der Waals surface area contributed by atoms with Gasteiger partial charge in [0.1, 0.15) is 0 Å². The number of nitrogens with zero attached hydrogens (tertiary/aromatic N) is 1. The molecule has 2 fully saturated rings. The lowest BCUT2D eigenvalue weighted by molar-refractivity contribution is -0.143. The van der Waals surface area contributed by atoms with Crippen LogP contribution >= 0.6 is 0 Å². The lowest BCUT2D eigenvalue weighted by atomic mass is 9.93. The van der Waals surface area contributed by atoms with Crippen LogP contribution < -0.4 is 0 Å². The Morgan fingerprint density at radius 2 is 1.83 bits per heavy atom. The number of hydrogen-bond donors (Lipinski definition) is 1. The fourth-order valence-electron chi connectivity index (χ4n) is 3.13. The smallest absolute Gasteiger partial charge is 0.306 e. The minimum absolute atomic E-state index is 0.189. The number of carboxylic acids is 1. The molecule has 0 bridgehead atoms. The highest BCUT2D eigenvalue weighted by Gasteiger charge is 2.40. The zero-order chi connectivity index (χ0) is 13.3. The van der Waals surface area contributed by atoms with Crippen molar-refractivity contribution in [2.24, 2.45) is 5.92 Å². The molecule has 2 aliphatic rings. The van der Waals surface area contributed by atoms with Gasteiger partial charge in [-0.2, -0.15) is 4.31 Å². The van der Waals surface area contributed by atoms with E-state index >= 15 is 0 Å². The van der Waals surface area contributed by atoms with E-state index in [2.05, 4.69) is 0 Å². The van der Waals surface area contributed by atoms with Gasteiger partial charge in [-0.15, -0.1) is 0 Å². The first kappa shape index (κ1) is 13.8. The predicted molar refractivity (Wildman–Crippen MR) is 67.7 cm³/mol.